The van der Waals surface area contributed by atoms with Crippen molar-refractivity contribution >= 4 is 12.0 Å². The van der Waals surface area contributed by atoms with Crippen molar-refractivity contribution in [3.63, 3.8) is 0 Å². The SMILES string of the molecule is CCOC(=O)NC(CNC(=O)c1cccc(C)n1)CC(C)C. The molecule has 2 amide bonds. The van der Waals surface area contributed by atoms with Gasteiger partial charge in [0.25, 0.3) is 5.91 Å². The third kappa shape index (κ3) is 6.56. The average Bonchev–Trinajstić information content (AvgIpc) is 2.44. The van der Waals surface area contributed by atoms with Gasteiger partial charge < -0.3 is 15.4 Å². The van der Waals surface area contributed by atoms with Crippen LogP contribution in [0.15, 0.2) is 18.2 Å². The number of rotatable bonds is 7. The van der Waals surface area contributed by atoms with Gasteiger partial charge in [0.15, 0.2) is 0 Å². The fourth-order valence-electron chi connectivity index (χ4n) is 2.08. The fraction of sp³-hybridized carbons (Fsp3) is 0.562. The van der Waals surface area contributed by atoms with Crippen molar-refractivity contribution in [1.82, 2.24) is 15.6 Å². The van der Waals surface area contributed by atoms with E-state index in [1.54, 1.807) is 19.1 Å². The van der Waals surface area contributed by atoms with Crippen LogP contribution in [0.1, 0.15) is 43.4 Å². The summed E-state index contributed by atoms with van der Waals surface area (Å²) in [7, 11) is 0. The predicted molar refractivity (Wildman–Crippen MR) is 84.7 cm³/mol. The van der Waals surface area contributed by atoms with Gasteiger partial charge in [0, 0.05) is 18.3 Å². The summed E-state index contributed by atoms with van der Waals surface area (Å²) in [5.41, 5.74) is 1.16. The minimum atomic E-state index is -0.462. The van der Waals surface area contributed by atoms with Crippen molar-refractivity contribution in [2.75, 3.05) is 13.2 Å². The van der Waals surface area contributed by atoms with Gasteiger partial charge in [0.1, 0.15) is 5.69 Å². The van der Waals surface area contributed by atoms with Gasteiger partial charge in [-0.15, -0.1) is 0 Å². The Balaban J connectivity index is 2.58. The minimum absolute atomic E-state index is 0.173. The lowest BCUT2D eigenvalue weighted by Crippen LogP contribution is -2.44. The maximum absolute atomic E-state index is 12.1. The number of carbonyl (C=O) groups excluding carboxylic acids is 2. The van der Waals surface area contributed by atoms with Gasteiger partial charge in [-0.2, -0.15) is 0 Å². The normalized spacial score (nSPS) is 11.9. The average molecular weight is 307 g/mol. The molecule has 1 atom stereocenters. The van der Waals surface area contributed by atoms with Crippen LogP contribution >= 0.6 is 0 Å². The van der Waals surface area contributed by atoms with Crippen molar-refractivity contribution < 1.29 is 14.3 Å². The van der Waals surface area contributed by atoms with Crippen LogP contribution in [0.25, 0.3) is 0 Å². The number of alkyl carbamates (subject to hydrolysis) is 1. The van der Waals surface area contributed by atoms with E-state index in [0.717, 1.165) is 12.1 Å². The Morgan fingerprint density at radius 3 is 2.64 bits per heavy atom. The third-order valence-corrected chi connectivity index (χ3v) is 2.98. The molecule has 1 unspecified atom stereocenters. The van der Waals surface area contributed by atoms with Gasteiger partial charge in [0.05, 0.1) is 6.61 Å². The van der Waals surface area contributed by atoms with Gasteiger partial charge in [-0.05, 0) is 38.3 Å². The molecule has 1 heterocycles. The number of pyridine rings is 1. The summed E-state index contributed by atoms with van der Waals surface area (Å²) >= 11 is 0. The lowest BCUT2D eigenvalue weighted by molar-refractivity contribution is 0.0939. The van der Waals surface area contributed by atoms with Crippen LogP contribution in [0.2, 0.25) is 0 Å². The standard InChI is InChI=1S/C16H25N3O3/c1-5-22-16(21)19-13(9-11(2)3)10-17-15(20)14-8-6-7-12(4)18-14/h6-8,11,13H,5,9-10H2,1-4H3,(H,17,20)(H,19,21). The van der Waals surface area contributed by atoms with Crippen molar-refractivity contribution in [2.24, 2.45) is 5.92 Å². The second kappa shape index (κ2) is 9.02. The van der Waals surface area contributed by atoms with E-state index in [0.29, 0.717) is 24.8 Å². The number of hydrogen-bond donors (Lipinski definition) is 2. The molecule has 0 saturated heterocycles. The third-order valence-electron chi connectivity index (χ3n) is 2.98. The Morgan fingerprint density at radius 1 is 1.32 bits per heavy atom. The molecule has 0 spiro atoms. The lowest BCUT2D eigenvalue weighted by Gasteiger charge is -2.20. The number of nitrogens with zero attached hydrogens (tertiary/aromatic N) is 1. The molecule has 0 radical (unpaired) electrons. The molecule has 1 aromatic heterocycles. The second-order valence-electron chi connectivity index (χ2n) is 5.57. The monoisotopic (exact) mass is 307 g/mol. The van der Waals surface area contributed by atoms with Crippen LogP contribution in [0, 0.1) is 12.8 Å². The molecule has 1 aromatic rings. The molecule has 0 saturated carbocycles. The first-order valence-corrected chi connectivity index (χ1v) is 7.57. The van der Waals surface area contributed by atoms with E-state index in [2.05, 4.69) is 29.5 Å². The van der Waals surface area contributed by atoms with Crippen LogP contribution in [0.4, 0.5) is 4.79 Å². The number of hydrogen-bond acceptors (Lipinski definition) is 4. The van der Waals surface area contributed by atoms with Crippen molar-refractivity contribution in [2.45, 2.75) is 40.2 Å². The van der Waals surface area contributed by atoms with Gasteiger partial charge in [-0.1, -0.05) is 19.9 Å². The largest absolute Gasteiger partial charge is 0.450 e. The molecule has 0 fully saturated rings. The van der Waals surface area contributed by atoms with Crippen LogP contribution in [-0.4, -0.2) is 36.2 Å². The first-order valence-electron chi connectivity index (χ1n) is 7.57. The number of aromatic nitrogens is 1. The van der Waals surface area contributed by atoms with Crippen LogP contribution < -0.4 is 10.6 Å². The molecular formula is C16H25N3O3. The highest BCUT2D eigenvalue weighted by atomic mass is 16.5. The van der Waals surface area contributed by atoms with Crippen LogP contribution in [0.3, 0.4) is 0 Å². The number of amides is 2. The zero-order valence-electron chi connectivity index (χ0n) is 13.7. The zero-order valence-corrected chi connectivity index (χ0v) is 13.7. The molecule has 1 rings (SSSR count). The Bertz CT molecular complexity index is 503. The van der Waals surface area contributed by atoms with E-state index in [-0.39, 0.29) is 11.9 Å². The predicted octanol–water partition coefficient (Wildman–Crippen LogP) is 2.28. The number of aryl methyl sites for hydroxylation is 1. The molecule has 6 nitrogen and oxygen atoms in total. The zero-order chi connectivity index (χ0) is 16.5. The first kappa shape index (κ1) is 17.9. The Kier molecular flexibility index (Phi) is 7.36. The summed E-state index contributed by atoms with van der Waals surface area (Å²) in [6, 6.07) is 5.12. The fourth-order valence-corrected chi connectivity index (χ4v) is 2.08. The molecular weight excluding hydrogens is 282 g/mol. The summed E-state index contributed by atoms with van der Waals surface area (Å²) in [6.45, 7) is 8.36. The van der Waals surface area contributed by atoms with E-state index in [4.69, 9.17) is 4.74 Å². The number of carbonyl (C=O) groups is 2. The van der Waals surface area contributed by atoms with Crippen molar-refractivity contribution in [3.8, 4) is 0 Å². The van der Waals surface area contributed by atoms with Gasteiger partial charge in [-0.3, -0.25) is 4.79 Å². The van der Waals surface area contributed by atoms with E-state index in [1.807, 2.05) is 13.0 Å². The topological polar surface area (TPSA) is 80.3 Å². The van der Waals surface area contributed by atoms with E-state index in [1.165, 1.54) is 0 Å². The maximum Gasteiger partial charge on any atom is 0.407 e. The highest BCUT2D eigenvalue weighted by Gasteiger charge is 2.16. The Morgan fingerprint density at radius 2 is 2.05 bits per heavy atom. The molecule has 0 aliphatic carbocycles. The summed E-state index contributed by atoms with van der Waals surface area (Å²) in [6.07, 6.45) is 0.288. The van der Waals surface area contributed by atoms with Gasteiger partial charge >= 0.3 is 6.09 Å². The lowest BCUT2D eigenvalue weighted by atomic mass is 10.0. The minimum Gasteiger partial charge on any atom is -0.450 e. The van der Waals surface area contributed by atoms with Crippen molar-refractivity contribution in [1.29, 1.82) is 0 Å². The molecule has 0 aliphatic heterocycles. The number of ether oxygens (including phenoxy) is 1. The van der Waals surface area contributed by atoms with Gasteiger partial charge in [-0.25, -0.2) is 9.78 Å². The quantitative estimate of drug-likeness (QED) is 0.810. The molecule has 22 heavy (non-hydrogen) atoms. The van der Waals surface area contributed by atoms with Crippen molar-refractivity contribution in [3.05, 3.63) is 29.6 Å². The molecule has 0 aromatic carbocycles. The highest BCUT2D eigenvalue weighted by molar-refractivity contribution is 5.92. The van der Waals surface area contributed by atoms with E-state index < -0.39 is 6.09 Å². The molecule has 2 N–H and O–H groups in total. The molecule has 0 aliphatic rings. The van der Waals surface area contributed by atoms with Crippen LogP contribution in [-0.2, 0) is 4.74 Å². The summed E-state index contributed by atoms with van der Waals surface area (Å²) in [5.74, 6) is 0.143. The Labute approximate surface area is 131 Å². The summed E-state index contributed by atoms with van der Waals surface area (Å²) < 4.78 is 4.89. The van der Waals surface area contributed by atoms with Crippen LogP contribution in [0.5, 0.6) is 0 Å². The smallest absolute Gasteiger partial charge is 0.407 e. The molecule has 6 heteroatoms. The Hall–Kier alpha value is -2.11. The maximum atomic E-state index is 12.1. The first-order chi connectivity index (χ1) is 10.4. The summed E-state index contributed by atoms with van der Waals surface area (Å²) in [5, 5.41) is 5.58. The second-order valence-corrected chi connectivity index (χ2v) is 5.57. The van der Waals surface area contributed by atoms with Gasteiger partial charge in [0.2, 0.25) is 0 Å². The number of nitrogens with one attached hydrogen (secondary N) is 2. The molecule has 122 valence electrons. The van der Waals surface area contributed by atoms with E-state index >= 15 is 0 Å². The van der Waals surface area contributed by atoms with E-state index in [9.17, 15) is 9.59 Å². The summed E-state index contributed by atoms with van der Waals surface area (Å²) in [4.78, 5) is 27.8. The highest BCUT2D eigenvalue weighted by Crippen LogP contribution is 2.05. The molecule has 0 bridgehead atoms.